The molecular formula is C13H10F2O4. The summed E-state index contributed by atoms with van der Waals surface area (Å²) < 4.78 is 38.8. The molecule has 0 N–H and O–H groups in total. The molecule has 1 aliphatic heterocycles. The Hall–Kier alpha value is -2.29. The van der Waals surface area contributed by atoms with Crippen LogP contribution in [0.4, 0.5) is 8.78 Å². The second-order valence-corrected chi connectivity index (χ2v) is 3.61. The molecule has 0 fully saturated rings. The van der Waals surface area contributed by atoms with Crippen LogP contribution in [0.5, 0.6) is 11.5 Å². The molecule has 0 saturated carbocycles. The average molecular weight is 268 g/mol. The first-order chi connectivity index (χ1) is 9.00. The Balaban J connectivity index is 2.05. The number of halogens is 2. The van der Waals surface area contributed by atoms with Gasteiger partial charge in [0, 0.05) is 11.6 Å². The van der Waals surface area contributed by atoms with Crippen LogP contribution in [0.25, 0.3) is 0 Å². The van der Waals surface area contributed by atoms with Crippen LogP contribution in [0, 0.1) is 11.8 Å². The molecule has 0 atom stereocenters. The van der Waals surface area contributed by atoms with Crippen molar-refractivity contribution in [1.82, 2.24) is 0 Å². The Kier molecular flexibility index (Phi) is 3.56. The van der Waals surface area contributed by atoms with Gasteiger partial charge in [-0.25, -0.2) is 0 Å². The minimum absolute atomic E-state index is 0.0408. The maximum Gasteiger partial charge on any atom is 0.586 e. The van der Waals surface area contributed by atoms with Crippen molar-refractivity contribution in [3.05, 3.63) is 23.8 Å². The van der Waals surface area contributed by atoms with Crippen LogP contribution in [0.15, 0.2) is 18.2 Å². The molecular weight excluding hydrogens is 258 g/mol. The number of alkyl halides is 2. The highest BCUT2D eigenvalue weighted by Gasteiger charge is 2.43. The van der Waals surface area contributed by atoms with Crippen molar-refractivity contribution < 1.29 is 27.8 Å². The molecule has 19 heavy (non-hydrogen) atoms. The Labute approximate surface area is 108 Å². The fraction of sp³-hybridized carbons (Fsp3) is 0.308. The summed E-state index contributed by atoms with van der Waals surface area (Å²) in [5.74, 6) is 4.70. The normalized spacial score (nSPS) is 14.5. The third kappa shape index (κ3) is 3.35. The van der Waals surface area contributed by atoms with Crippen molar-refractivity contribution in [3.63, 3.8) is 0 Å². The molecule has 0 aromatic heterocycles. The summed E-state index contributed by atoms with van der Waals surface area (Å²) in [5.41, 5.74) is 0.448. The predicted molar refractivity (Wildman–Crippen MR) is 60.8 cm³/mol. The van der Waals surface area contributed by atoms with Gasteiger partial charge in [-0.15, -0.1) is 8.78 Å². The van der Waals surface area contributed by atoms with E-state index in [1.54, 1.807) is 6.92 Å². The van der Waals surface area contributed by atoms with Gasteiger partial charge in [-0.3, -0.25) is 4.79 Å². The molecule has 0 radical (unpaired) electrons. The van der Waals surface area contributed by atoms with Crippen LogP contribution < -0.4 is 9.47 Å². The van der Waals surface area contributed by atoms with Crippen molar-refractivity contribution in [1.29, 1.82) is 0 Å². The molecule has 1 aliphatic rings. The second-order valence-electron chi connectivity index (χ2n) is 3.61. The third-order valence-corrected chi connectivity index (χ3v) is 2.17. The molecule has 2 rings (SSSR count). The predicted octanol–water partition coefficient (Wildman–Crippen LogP) is 2.31. The van der Waals surface area contributed by atoms with Gasteiger partial charge in [0.15, 0.2) is 11.5 Å². The van der Waals surface area contributed by atoms with Crippen LogP contribution in [-0.2, 0) is 9.53 Å². The SMILES string of the molecule is CCOC(=O)CC#Cc1ccc2c(c1)OC(F)(F)O2. The van der Waals surface area contributed by atoms with Gasteiger partial charge >= 0.3 is 12.3 Å². The number of benzene rings is 1. The van der Waals surface area contributed by atoms with Crippen LogP contribution in [-0.4, -0.2) is 18.9 Å². The van der Waals surface area contributed by atoms with E-state index < -0.39 is 12.3 Å². The van der Waals surface area contributed by atoms with Gasteiger partial charge in [-0.05, 0) is 19.1 Å². The van der Waals surface area contributed by atoms with E-state index in [2.05, 4.69) is 21.3 Å². The van der Waals surface area contributed by atoms with Gasteiger partial charge in [-0.1, -0.05) is 11.8 Å². The fourth-order valence-corrected chi connectivity index (χ4v) is 1.46. The number of carbonyl (C=O) groups excluding carboxylic acids is 1. The van der Waals surface area contributed by atoms with E-state index in [9.17, 15) is 13.6 Å². The minimum Gasteiger partial charge on any atom is -0.465 e. The van der Waals surface area contributed by atoms with Crippen LogP contribution in [0.3, 0.4) is 0 Å². The fourth-order valence-electron chi connectivity index (χ4n) is 1.46. The van der Waals surface area contributed by atoms with Gasteiger partial charge in [0.2, 0.25) is 0 Å². The Bertz CT molecular complexity index is 557. The first-order valence-corrected chi connectivity index (χ1v) is 5.54. The summed E-state index contributed by atoms with van der Waals surface area (Å²) in [4.78, 5) is 11.0. The van der Waals surface area contributed by atoms with Crippen molar-refractivity contribution >= 4 is 5.97 Å². The van der Waals surface area contributed by atoms with E-state index >= 15 is 0 Å². The molecule has 0 spiro atoms. The molecule has 0 aliphatic carbocycles. The molecule has 4 nitrogen and oxygen atoms in total. The molecule has 1 heterocycles. The zero-order valence-corrected chi connectivity index (χ0v) is 10.0. The van der Waals surface area contributed by atoms with Gasteiger partial charge in [0.1, 0.15) is 6.42 Å². The highest BCUT2D eigenvalue weighted by atomic mass is 19.3. The Morgan fingerprint density at radius 3 is 2.84 bits per heavy atom. The lowest BCUT2D eigenvalue weighted by Gasteiger charge is -2.04. The third-order valence-electron chi connectivity index (χ3n) is 2.17. The molecule has 100 valence electrons. The summed E-state index contributed by atoms with van der Waals surface area (Å²) in [6, 6.07) is 4.17. The van der Waals surface area contributed by atoms with E-state index in [4.69, 9.17) is 4.74 Å². The van der Waals surface area contributed by atoms with Gasteiger partial charge in [0.05, 0.1) is 6.61 Å². The second kappa shape index (κ2) is 5.14. The zero-order valence-electron chi connectivity index (χ0n) is 10.0. The number of rotatable bonds is 2. The summed E-state index contributed by atoms with van der Waals surface area (Å²) in [5, 5.41) is 0. The summed E-state index contributed by atoms with van der Waals surface area (Å²) >= 11 is 0. The Morgan fingerprint density at radius 2 is 2.11 bits per heavy atom. The molecule has 1 aromatic carbocycles. The van der Waals surface area contributed by atoms with E-state index in [1.165, 1.54) is 18.2 Å². The first-order valence-electron chi connectivity index (χ1n) is 5.54. The van der Waals surface area contributed by atoms with Gasteiger partial charge in [0.25, 0.3) is 0 Å². The molecule has 0 saturated heterocycles. The van der Waals surface area contributed by atoms with Crippen LogP contribution in [0.1, 0.15) is 18.9 Å². The first kappa shape index (κ1) is 13.1. The van der Waals surface area contributed by atoms with Gasteiger partial charge in [-0.2, -0.15) is 0 Å². The van der Waals surface area contributed by atoms with E-state index in [0.717, 1.165) is 0 Å². The number of ether oxygens (including phenoxy) is 3. The maximum absolute atomic E-state index is 12.8. The summed E-state index contributed by atoms with van der Waals surface area (Å²) in [6.07, 6.45) is -3.70. The highest BCUT2D eigenvalue weighted by Crippen LogP contribution is 2.40. The standard InChI is InChI=1S/C13H10F2O4/c1-2-17-12(16)5-3-4-9-6-7-10-11(8-9)19-13(14,15)18-10/h6-8H,2,5H2,1H3. The zero-order chi connectivity index (χ0) is 13.9. The van der Waals surface area contributed by atoms with E-state index in [-0.39, 0.29) is 17.9 Å². The van der Waals surface area contributed by atoms with Crippen molar-refractivity contribution in [3.8, 4) is 23.3 Å². The Morgan fingerprint density at radius 1 is 1.37 bits per heavy atom. The number of hydrogen-bond donors (Lipinski definition) is 0. The lowest BCUT2D eigenvalue weighted by Crippen LogP contribution is -2.25. The van der Waals surface area contributed by atoms with Gasteiger partial charge < -0.3 is 14.2 Å². The lowest BCUT2D eigenvalue weighted by molar-refractivity contribution is -0.286. The number of hydrogen-bond acceptors (Lipinski definition) is 4. The molecule has 0 amide bonds. The average Bonchev–Trinajstić information content (AvgIpc) is 2.62. The lowest BCUT2D eigenvalue weighted by atomic mass is 10.2. The number of fused-ring (bicyclic) bond motifs is 1. The van der Waals surface area contributed by atoms with Crippen molar-refractivity contribution in [2.45, 2.75) is 19.6 Å². The molecule has 0 bridgehead atoms. The largest absolute Gasteiger partial charge is 0.586 e. The number of carbonyl (C=O) groups is 1. The van der Waals surface area contributed by atoms with E-state index in [0.29, 0.717) is 12.2 Å². The highest BCUT2D eigenvalue weighted by molar-refractivity contribution is 5.72. The van der Waals surface area contributed by atoms with Crippen molar-refractivity contribution in [2.24, 2.45) is 0 Å². The quantitative estimate of drug-likeness (QED) is 0.610. The van der Waals surface area contributed by atoms with Crippen molar-refractivity contribution in [2.75, 3.05) is 6.61 Å². The summed E-state index contributed by atoms with van der Waals surface area (Å²) in [7, 11) is 0. The maximum atomic E-state index is 12.8. The molecule has 0 unspecified atom stereocenters. The molecule has 1 aromatic rings. The smallest absolute Gasteiger partial charge is 0.465 e. The topological polar surface area (TPSA) is 44.8 Å². The molecule has 6 heteroatoms. The summed E-state index contributed by atoms with van der Waals surface area (Å²) in [6.45, 7) is 1.99. The number of esters is 1. The van der Waals surface area contributed by atoms with Crippen LogP contribution >= 0.6 is 0 Å². The van der Waals surface area contributed by atoms with E-state index in [1.807, 2.05) is 0 Å². The minimum atomic E-state index is -3.64. The monoisotopic (exact) mass is 268 g/mol. The van der Waals surface area contributed by atoms with Crippen LogP contribution in [0.2, 0.25) is 0 Å².